The van der Waals surface area contributed by atoms with Crippen LogP contribution in [-0.4, -0.2) is 51.0 Å². The fourth-order valence-electron chi connectivity index (χ4n) is 9.17. The summed E-state index contributed by atoms with van der Waals surface area (Å²) in [6, 6.07) is 16.3. The first kappa shape index (κ1) is 31.2. The number of nitrogens with one attached hydrogen (secondary N) is 2. The van der Waals surface area contributed by atoms with Crippen LogP contribution >= 0.6 is 11.9 Å². The summed E-state index contributed by atoms with van der Waals surface area (Å²) < 4.78 is 10.9. The topological polar surface area (TPSA) is 96.7 Å². The van der Waals surface area contributed by atoms with E-state index in [1.54, 1.807) is 10.8 Å². The Kier molecular flexibility index (Phi) is 7.89. The molecule has 4 fully saturated rings. The summed E-state index contributed by atoms with van der Waals surface area (Å²) in [7, 11) is 0. The molecule has 1 aromatic carbocycles. The SMILES string of the molecule is C=C/C1=N\C(=C)NCCCC2CN(c3nc(-n4ccc(OCCC5C6(CC6)C56CC6)n4)ccc3C(=O)NS1)C(C)(Cc1ccccc1)C2. The van der Waals surface area contributed by atoms with Crippen LogP contribution in [0.5, 0.6) is 5.88 Å². The Hall–Kier alpha value is -4.05. The number of rotatable bonds is 8. The number of aromatic nitrogens is 3. The van der Waals surface area contributed by atoms with Gasteiger partial charge in [0.1, 0.15) is 16.7 Å². The molecule has 0 radical (unpaired) electrons. The molecule has 4 heterocycles. The van der Waals surface area contributed by atoms with Gasteiger partial charge in [-0.15, -0.1) is 5.10 Å². The number of carbonyl (C=O) groups is 1. The molecule has 250 valence electrons. The van der Waals surface area contributed by atoms with Gasteiger partial charge in [0.05, 0.1) is 12.2 Å². The highest BCUT2D eigenvalue weighted by Gasteiger charge is 2.85. The Morgan fingerprint density at radius 3 is 2.65 bits per heavy atom. The number of benzene rings is 1. The number of fused-ring (bicyclic) bond motifs is 5. The lowest BCUT2D eigenvalue weighted by Crippen LogP contribution is -2.44. The third-order valence-electron chi connectivity index (χ3n) is 11.7. The predicted octanol–water partition coefficient (Wildman–Crippen LogP) is 6.87. The van der Waals surface area contributed by atoms with Crippen LogP contribution in [0.1, 0.15) is 74.2 Å². The van der Waals surface area contributed by atoms with Gasteiger partial charge in [-0.2, -0.15) is 0 Å². The number of aliphatic imine (C=N–C) groups is 1. The highest BCUT2D eigenvalue weighted by Crippen LogP contribution is 2.93. The van der Waals surface area contributed by atoms with Crippen LogP contribution in [0, 0.1) is 22.7 Å². The highest BCUT2D eigenvalue weighted by molar-refractivity contribution is 8.13. The molecule has 2 aromatic heterocycles. The van der Waals surface area contributed by atoms with Gasteiger partial charge in [-0.25, -0.2) is 14.7 Å². The van der Waals surface area contributed by atoms with Gasteiger partial charge < -0.3 is 15.0 Å². The number of carbonyl (C=O) groups excluding carboxylic acids is 1. The van der Waals surface area contributed by atoms with E-state index in [-0.39, 0.29) is 11.4 Å². The van der Waals surface area contributed by atoms with Gasteiger partial charge in [0.2, 0.25) is 5.88 Å². The molecule has 2 N–H and O–H groups in total. The molecule has 1 saturated heterocycles. The van der Waals surface area contributed by atoms with Crippen LogP contribution in [0.15, 0.2) is 84.8 Å². The molecule has 5 aliphatic rings. The van der Waals surface area contributed by atoms with E-state index in [1.165, 1.54) is 31.2 Å². The highest BCUT2D eigenvalue weighted by atomic mass is 32.2. The van der Waals surface area contributed by atoms with Crippen LogP contribution in [-0.2, 0) is 6.42 Å². The van der Waals surface area contributed by atoms with Crippen LogP contribution in [0.3, 0.4) is 0 Å². The molecule has 8 rings (SSSR count). The van der Waals surface area contributed by atoms with Gasteiger partial charge in [0.25, 0.3) is 5.91 Å². The number of anilines is 1. The van der Waals surface area contributed by atoms with Crippen molar-refractivity contribution in [2.24, 2.45) is 27.7 Å². The molecule has 1 amide bonds. The van der Waals surface area contributed by atoms with E-state index in [1.807, 2.05) is 24.4 Å². The van der Waals surface area contributed by atoms with Crippen LogP contribution in [0.2, 0.25) is 0 Å². The molecular weight excluding hydrogens is 619 g/mol. The largest absolute Gasteiger partial charge is 0.477 e. The van der Waals surface area contributed by atoms with E-state index < -0.39 is 0 Å². The second-order valence-corrected chi connectivity index (χ2v) is 15.5. The molecule has 2 atom stereocenters. The first-order valence-corrected chi connectivity index (χ1v) is 18.3. The zero-order chi connectivity index (χ0) is 32.9. The van der Waals surface area contributed by atoms with E-state index in [9.17, 15) is 4.79 Å². The summed E-state index contributed by atoms with van der Waals surface area (Å²) in [5, 5.41) is 8.65. The second-order valence-electron chi connectivity index (χ2n) is 14.7. The molecule has 2 spiro atoms. The maximum atomic E-state index is 13.9. The summed E-state index contributed by atoms with van der Waals surface area (Å²) in [4.78, 5) is 26.0. The molecule has 9 nitrogen and oxygen atoms in total. The van der Waals surface area contributed by atoms with Crippen molar-refractivity contribution in [3.05, 3.63) is 90.9 Å². The molecule has 3 aliphatic carbocycles. The molecule has 2 aliphatic heterocycles. The average Bonchev–Trinajstić information content (AvgIpc) is 4.04. The van der Waals surface area contributed by atoms with E-state index in [2.05, 4.69) is 70.3 Å². The Morgan fingerprint density at radius 2 is 1.90 bits per heavy atom. The third-order valence-corrected chi connectivity index (χ3v) is 12.4. The van der Waals surface area contributed by atoms with Crippen molar-refractivity contribution in [2.75, 3.05) is 24.6 Å². The molecule has 48 heavy (non-hydrogen) atoms. The minimum absolute atomic E-state index is 0.242. The number of nitrogens with zero attached hydrogens (tertiary/aromatic N) is 5. The summed E-state index contributed by atoms with van der Waals surface area (Å²) in [5.41, 5.74) is 2.91. The minimum Gasteiger partial charge on any atom is -0.477 e. The minimum atomic E-state index is -0.249. The van der Waals surface area contributed by atoms with Gasteiger partial charge >= 0.3 is 0 Å². The van der Waals surface area contributed by atoms with E-state index in [0.29, 0.717) is 57.3 Å². The van der Waals surface area contributed by atoms with E-state index in [0.717, 1.165) is 63.1 Å². The number of hydrogen-bond donors (Lipinski definition) is 2. The lowest BCUT2D eigenvalue weighted by Gasteiger charge is -2.37. The van der Waals surface area contributed by atoms with Gasteiger partial charge in [-0.1, -0.05) is 43.5 Å². The molecule has 2 bridgehead atoms. The van der Waals surface area contributed by atoms with Crippen molar-refractivity contribution < 1.29 is 9.53 Å². The third kappa shape index (κ3) is 5.71. The van der Waals surface area contributed by atoms with Crippen molar-refractivity contribution in [1.29, 1.82) is 0 Å². The van der Waals surface area contributed by atoms with E-state index in [4.69, 9.17) is 14.8 Å². The Labute approximate surface area is 287 Å². The summed E-state index contributed by atoms with van der Waals surface area (Å²) in [5.74, 6) is 3.53. The average molecular weight is 664 g/mol. The van der Waals surface area contributed by atoms with Gasteiger partial charge in [-0.05, 0) is 111 Å². The lowest BCUT2D eigenvalue weighted by atomic mass is 9.86. The zero-order valence-electron chi connectivity index (χ0n) is 27.8. The molecular formula is C38H45N7O2S. The maximum absolute atomic E-state index is 13.9. The van der Waals surface area contributed by atoms with Gasteiger partial charge in [-0.3, -0.25) is 9.52 Å². The standard InChI is InChI=1S/C38H45N7O2S/c1-4-33-40-26(2)39-20-8-11-28-24-36(3,23-27-9-6-5-7-10-27)44(25-28)34-29(35(46)43-48-33)12-13-31(41-34)45-21-14-32(42-45)47-22-15-30-37(16-17-37)38(30)18-19-38/h4-7,9-10,12-14,21,28,30,39H,1-2,8,11,15-20,22-25H2,3H3,(H,43,46)/b40-33+. The monoisotopic (exact) mass is 663 g/mol. The van der Waals surface area contributed by atoms with E-state index >= 15 is 0 Å². The summed E-state index contributed by atoms with van der Waals surface area (Å²) in [6.45, 7) is 12.5. The Bertz CT molecular complexity index is 1740. The van der Waals surface area contributed by atoms with Crippen molar-refractivity contribution in [2.45, 2.75) is 70.3 Å². The summed E-state index contributed by atoms with van der Waals surface area (Å²) >= 11 is 1.13. The first-order chi connectivity index (χ1) is 23.3. The Balaban J connectivity index is 1.09. The molecule has 10 heteroatoms. The normalized spacial score (nSPS) is 26.8. The smallest absolute Gasteiger partial charge is 0.265 e. The number of hydrogen-bond acceptors (Lipinski definition) is 8. The molecule has 2 unspecified atom stereocenters. The zero-order valence-corrected chi connectivity index (χ0v) is 28.6. The fraction of sp³-hybridized carbons (Fsp3) is 0.474. The van der Waals surface area contributed by atoms with Crippen molar-refractivity contribution in [1.82, 2.24) is 24.8 Å². The maximum Gasteiger partial charge on any atom is 0.265 e. The molecule has 3 saturated carbocycles. The molecule has 3 aromatic rings. The van der Waals surface area contributed by atoms with Crippen molar-refractivity contribution in [3.8, 4) is 11.7 Å². The Morgan fingerprint density at radius 1 is 1.10 bits per heavy atom. The first-order valence-electron chi connectivity index (χ1n) is 17.5. The predicted molar refractivity (Wildman–Crippen MR) is 191 cm³/mol. The van der Waals surface area contributed by atoms with Crippen LogP contribution in [0.4, 0.5) is 5.82 Å². The fourth-order valence-corrected chi connectivity index (χ4v) is 9.72. The number of pyridine rings is 1. The lowest BCUT2D eigenvalue weighted by molar-refractivity contribution is 0.0984. The summed E-state index contributed by atoms with van der Waals surface area (Å²) in [6.07, 6.45) is 14.2. The van der Waals surface area contributed by atoms with Crippen LogP contribution < -0.4 is 19.7 Å². The quantitative estimate of drug-likeness (QED) is 0.254. The number of ether oxygens (including phenoxy) is 1. The number of amides is 1. The van der Waals surface area contributed by atoms with Crippen molar-refractivity contribution >= 4 is 28.7 Å². The van der Waals surface area contributed by atoms with Gasteiger partial charge in [0, 0.05) is 42.8 Å². The van der Waals surface area contributed by atoms with Crippen molar-refractivity contribution in [3.63, 3.8) is 0 Å². The second kappa shape index (κ2) is 12.1. The van der Waals surface area contributed by atoms with Gasteiger partial charge in [0.15, 0.2) is 5.82 Å². The van der Waals surface area contributed by atoms with Crippen LogP contribution in [0.25, 0.3) is 5.82 Å².